The highest BCUT2D eigenvalue weighted by molar-refractivity contribution is 6.08. The van der Waals surface area contributed by atoms with Gasteiger partial charge in [0.2, 0.25) is 11.2 Å². The van der Waals surface area contributed by atoms with E-state index in [4.69, 9.17) is 0 Å². The summed E-state index contributed by atoms with van der Waals surface area (Å²) < 4.78 is 4.50. The van der Waals surface area contributed by atoms with Crippen molar-refractivity contribution >= 4 is 11.8 Å². The van der Waals surface area contributed by atoms with Crippen molar-refractivity contribution < 1.29 is 24.5 Å². The van der Waals surface area contributed by atoms with Crippen LogP contribution in [0.1, 0.15) is 33.2 Å². The molecular weight excluding hydrogens is 240 g/mol. The Morgan fingerprint density at radius 2 is 1.72 bits per heavy atom. The summed E-state index contributed by atoms with van der Waals surface area (Å²) in [5, 5.41) is 19.1. The van der Waals surface area contributed by atoms with Gasteiger partial charge in [-0.2, -0.15) is 0 Å². The molecule has 0 fully saturated rings. The van der Waals surface area contributed by atoms with Crippen molar-refractivity contribution in [2.24, 2.45) is 0 Å². The molecule has 0 radical (unpaired) electrons. The maximum absolute atomic E-state index is 11.6. The Bertz CT molecular complexity index is 588. The quantitative estimate of drug-likeness (QED) is 0.595. The van der Waals surface area contributed by atoms with E-state index in [1.807, 2.05) is 0 Å². The van der Waals surface area contributed by atoms with Crippen LogP contribution >= 0.6 is 0 Å². The van der Waals surface area contributed by atoms with E-state index in [0.717, 1.165) is 20.1 Å². The number of aryl methyl sites for hydroxylation is 1. The molecule has 0 aliphatic carbocycles. The van der Waals surface area contributed by atoms with E-state index in [1.54, 1.807) is 0 Å². The summed E-state index contributed by atoms with van der Waals surface area (Å²) in [5.41, 5.74) is -1.42. The molecule has 0 atom stereocenters. The number of hydrogen-bond acceptors (Lipinski definition) is 6. The topological polar surface area (TPSA) is 101 Å². The van der Waals surface area contributed by atoms with Crippen molar-refractivity contribution in [2.45, 2.75) is 13.8 Å². The molecule has 2 N–H and O–H groups in total. The Kier molecular flexibility index (Phi) is 3.70. The van der Waals surface area contributed by atoms with E-state index in [9.17, 15) is 24.6 Å². The first kappa shape index (κ1) is 13.7. The largest absolute Gasteiger partial charge is 0.504 e. The van der Waals surface area contributed by atoms with E-state index >= 15 is 0 Å². The van der Waals surface area contributed by atoms with E-state index in [1.165, 1.54) is 6.92 Å². The summed E-state index contributed by atoms with van der Waals surface area (Å²) in [6.07, 6.45) is 0. The van der Waals surface area contributed by atoms with Crippen LogP contribution in [0.2, 0.25) is 0 Å². The molecule has 18 heavy (non-hydrogen) atoms. The van der Waals surface area contributed by atoms with Gasteiger partial charge in [0.1, 0.15) is 0 Å². The van der Waals surface area contributed by atoms with Crippen LogP contribution in [0.4, 0.5) is 0 Å². The summed E-state index contributed by atoms with van der Waals surface area (Å²) in [7, 11) is 1.10. The van der Waals surface area contributed by atoms with Gasteiger partial charge in [-0.15, -0.1) is 0 Å². The average Bonchev–Trinajstić information content (AvgIpc) is 2.38. The van der Waals surface area contributed by atoms with Crippen LogP contribution in [0.25, 0.3) is 0 Å². The second kappa shape index (κ2) is 4.87. The predicted octanol–water partition coefficient (Wildman–Crippen LogP) is 0.756. The van der Waals surface area contributed by atoms with Crippen molar-refractivity contribution in [1.29, 1.82) is 0 Å². The summed E-state index contributed by atoms with van der Waals surface area (Å²) in [6, 6.07) is 0.952. The van der Waals surface area contributed by atoms with Gasteiger partial charge < -0.3 is 14.9 Å². The van der Waals surface area contributed by atoms with Crippen LogP contribution in [-0.2, 0) is 4.74 Å². The number of Topliss-reactive ketones (excluding diaryl/α,β-unsaturated/α-hetero) is 1. The fraction of sp³-hybridized carbons (Fsp3) is 0.250. The van der Waals surface area contributed by atoms with E-state index < -0.39 is 34.2 Å². The summed E-state index contributed by atoms with van der Waals surface area (Å²) in [6.45, 7) is 2.50. The van der Waals surface area contributed by atoms with Crippen molar-refractivity contribution in [2.75, 3.05) is 7.11 Å². The smallest absolute Gasteiger partial charge is 0.339 e. The summed E-state index contributed by atoms with van der Waals surface area (Å²) in [4.78, 5) is 34.5. The van der Waals surface area contributed by atoms with Crippen LogP contribution in [0.15, 0.2) is 10.9 Å². The Hall–Kier alpha value is -2.37. The van der Waals surface area contributed by atoms with Gasteiger partial charge in [-0.1, -0.05) is 0 Å². The highest BCUT2D eigenvalue weighted by atomic mass is 16.5. The average molecular weight is 252 g/mol. The molecule has 0 heterocycles. The van der Waals surface area contributed by atoms with E-state index in [-0.39, 0.29) is 11.1 Å². The van der Waals surface area contributed by atoms with Crippen molar-refractivity contribution in [3.05, 3.63) is 33.0 Å². The molecule has 0 saturated carbocycles. The molecule has 1 aromatic rings. The molecule has 1 rings (SSSR count). The Labute approximate surface area is 102 Å². The number of carbonyl (C=O) groups is 2. The maximum atomic E-state index is 11.6. The van der Waals surface area contributed by atoms with Crippen LogP contribution in [0.3, 0.4) is 0 Å². The minimum atomic E-state index is -0.974. The Morgan fingerprint density at radius 1 is 1.17 bits per heavy atom. The Balaban J connectivity index is 3.97. The maximum Gasteiger partial charge on any atom is 0.339 e. The number of esters is 1. The fourth-order valence-electron chi connectivity index (χ4n) is 1.60. The van der Waals surface area contributed by atoms with Gasteiger partial charge in [0, 0.05) is 0 Å². The summed E-state index contributed by atoms with van der Waals surface area (Å²) in [5.74, 6) is -3.43. The molecule has 0 unspecified atom stereocenters. The van der Waals surface area contributed by atoms with Gasteiger partial charge in [-0.3, -0.25) is 9.59 Å². The molecule has 0 bridgehead atoms. The minimum Gasteiger partial charge on any atom is -0.504 e. The SMILES string of the molecule is COC(=O)c1c(C)cc(=O)c(O)c(O)c1C(C)=O. The molecule has 0 amide bonds. The van der Waals surface area contributed by atoms with Gasteiger partial charge in [0.25, 0.3) is 0 Å². The molecule has 0 aromatic heterocycles. The number of aromatic hydroxyl groups is 2. The minimum absolute atomic E-state index is 0.132. The molecule has 1 aromatic carbocycles. The molecule has 6 nitrogen and oxygen atoms in total. The first-order valence-corrected chi connectivity index (χ1v) is 5.00. The lowest BCUT2D eigenvalue weighted by Gasteiger charge is -2.05. The third kappa shape index (κ3) is 2.17. The normalized spacial score (nSPS) is 9.94. The number of rotatable bonds is 2. The first-order chi connectivity index (χ1) is 8.31. The summed E-state index contributed by atoms with van der Waals surface area (Å²) >= 11 is 0. The van der Waals surface area contributed by atoms with E-state index in [2.05, 4.69) is 4.74 Å². The van der Waals surface area contributed by atoms with Crippen LogP contribution < -0.4 is 5.43 Å². The third-order valence-electron chi connectivity index (χ3n) is 2.43. The zero-order chi connectivity index (χ0) is 14.0. The lowest BCUT2D eigenvalue weighted by atomic mass is 10.0. The number of carbonyl (C=O) groups excluding carboxylic acids is 2. The molecule has 0 aliphatic rings. The molecule has 6 heteroatoms. The number of ether oxygens (including phenoxy) is 1. The monoisotopic (exact) mass is 252 g/mol. The second-order valence-electron chi connectivity index (χ2n) is 3.69. The van der Waals surface area contributed by atoms with Gasteiger partial charge in [-0.05, 0) is 25.5 Å². The molecule has 96 valence electrons. The van der Waals surface area contributed by atoms with Crippen molar-refractivity contribution in [3.63, 3.8) is 0 Å². The van der Waals surface area contributed by atoms with Crippen LogP contribution in [0.5, 0.6) is 11.5 Å². The van der Waals surface area contributed by atoms with Crippen molar-refractivity contribution in [1.82, 2.24) is 0 Å². The fourth-order valence-corrected chi connectivity index (χ4v) is 1.60. The van der Waals surface area contributed by atoms with Gasteiger partial charge in [-0.25, -0.2) is 4.79 Å². The predicted molar refractivity (Wildman–Crippen MR) is 62.1 cm³/mol. The number of ketones is 1. The molecule has 0 saturated heterocycles. The van der Waals surface area contributed by atoms with Gasteiger partial charge in [0.05, 0.1) is 18.2 Å². The zero-order valence-corrected chi connectivity index (χ0v) is 10.1. The third-order valence-corrected chi connectivity index (χ3v) is 2.43. The number of hydrogen-bond donors (Lipinski definition) is 2. The molecule has 0 spiro atoms. The zero-order valence-electron chi connectivity index (χ0n) is 10.1. The number of methoxy groups -OCH3 is 1. The second-order valence-corrected chi connectivity index (χ2v) is 3.69. The molecular formula is C12H12O6. The van der Waals surface area contributed by atoms with Gasteiger partial charge in [0.15, 0.2) is 11.5 Å². The van der Waals surface area contributed by atoms with Crippen LogP contribution in [0, 0.1) is 6.92 Å². The molecule has 0 aliphatic heterocycles. The van der Waals surface area contributed by atoms with Crippen LogP contribution in [-0.4, -0.2) is 29.1 Å². The highest BCUT2D eigenvalue weighted by Gasteiger charge is 2.24. The first-order valence-electron chi connectivity index (χ1n) is 5.00. The van der Waals surface area contributed by atoms with Gasteiger partial charge >= 0.3 is 5.97 Å². The lowest BCUT2D eigenvalue weighted by Crippen LogP contribution is -2.09. The van der Waals surface area contributed by atoms with Crippen molar-refractivity contribution in [3.8, 4) is 11.5 Å². The van der Waals surface area contributed by atoms with E-state index in [0.29, 0.717) is 0 Å². The standard InChI is InChI=1S/C12H12O6/c1-5-4-7(14)10(15)11(16)9(6(2)13)8(5)12(17)18-3/h4H,1-3H3,(H2,14,15,16). The lowest BCUT2D eigenvalue weighted by molar-refractivity contribution is 0.0596. The Morgan fingerprint density at radius 3 is 2.17 bits per heavy atom. The highest BCUT2D eigenvalue weighted by Crippen LogP contribution is 2.29.